The van der Waals surface area contributed by atoms with E-state index in [1.165, 1.54) is 4.90 Å². The van der Waals surface area contributed by atoms with Crippen LogP contribution in [0.3, 0.4) is 0 Å². The van der Waals surface area contributed by atoms with E-state index in [0.717, 1.165) is 37.2 Å². The molecule has 0 spiro atoms. The minimum atomic E-state index is -0.244. The summed E-state index contributed by atoms with van der Waals surface area (Å²) in [6.07, 6.45) is 6.62. The second-order valence-corrected chi connectivity index (χ2v) is 6.66. The summed E-state index contributed by atoms with van der Waals surface area (Å²) in [5.41, 5.74) is 1.89. The largest absolute Gasteiger partial charge is 0.465 e. The summed E-state index contributed by atoms with van der Waals surface area (Å²) < 4.78 is 11.5. The Hall–Kier alpha value is -2.92. The van der Waals surface area contributed by atoms with Gasteiger partial charge >= 0.3 is 0 Å². The maximum Gasteiger partial charge on any atom is 0.261 e. The zero-order valence-corrected chi connectivity index (χ0v) is 15.0. The number of hydrogen-bond donors (Lipinski definition) is 0. The molecule has 2 heterocycles. The van der Waals surface area contributed by atoms with Crippen LogP contribution in [0.25, 0.3) is 6.08 Å². The van der Waals surface area contributed by atoms with Crippen LogP contribution in [-0.4, -0.2) is 36.2 Å². The second-order valence-electron chi connectivity index (χ2n) is 6.66. The summed E-state index contributed by atoms with van der Waals surface area (Å²) in [7, 11) is 0. The SMILES string of the molecule is O=C1c2ccccc2C(=O)N1C/C=C/c1cccc(OC2CCCCO2)c1. The van der Waals surface area contributed by atoms with Gasteiger partial charge in [0.2, 0.25) is 0 Å². The fraction of sp³-hybridized carbons (Fsp3) is 0.273. The minimum absolute atomic E-state index is 0.184. The van der Waals surface area contributed by atoms with E-state index in [4.69, 9.17) is 9.47 Å². The molecule has 0 N–H and O–H groups in total. The van der Waals surface area contributed by atoms with Crippen molar-refractivity contribution in [2.45, 2.75) is 25.6 Å². The number of carbonyl (C=O) groups excluding carboxylic acids is 2. The standard InChI is InChI=1S/C22H21NO4/c24-21-18-10-1-2-11-19(18)22(25)23(21)13-6-8-16-7-5-9-17(15-16)27-20-12-3-4-14-26-20/h1-2,5-11,15,20H,3-4,12-14H2/b8-6+. The van der Waals surface area contributed by atoms with E-state index in [-0.39, 0.29) is 24.6 Å². The highest BCUT2D eigenvalue weighted by atomic mass is 16.7. The number of imide groups is 1. The van der Waals surface area contributed by atoms with Crippen LogP contribution in [0.15, 0.2) is 54.6 Å². The zero-order chi connectivity index (χ0) is 18.6. The van der Waals surface area contributed by atoms with E-state index in [1.54, 1.807) is 24.3 Å². The molecule has 1 unspecified atom stereocenters. The van der Waals surface area contributed by atoms with Gasteiger partial charge in [-0.2, -0.15) is 0 Å². The first kappa shape index (κ1) is 17.5. The van der Waals surface area contributed by atoms with Gasteiger partial charge in [0.15, 0.2) is 6.29 Å². The van der Waals surface area contributed by atoms with Gasteiger partial charge in [0.1, 0.15) is 5.75 Å². The average Bonchev–Trinajstić information content (AvgIpc) is 2.94. The molecule has 1 saturated heterocycles. The number of rotatable bonds is 5. The van der Waals surface area contributed by atoms with E-state index < -0.39 is 0 Å². The fourth-order valence-corrected chi connectivity index (χ4v) is 3.35. The minimum Gasteiger partial charge on any atom is -0.465 e. The van der Waals surface area contributed by atoms with Gasteiger partial charge in [0.05, 0.1) is 17.7 Å². The summed E-state index contributed by atoms with van der Waals surface area (Å²) in [5, 5.41) is 0. The van der Waals surface area contributed by atoms with E-state index in [2.05, 4.69) is 0 Å². The Morgan fingerprint density at radius 1 is 1.04 bits per heavy atom. The van der Waals surface area contributed by atoms with E-state index in [1.807, 2.05) is 36.4 Å². The van der Waals surface area contributed by atoms with E-state index in [9.17, 15) is 9.59 Å². The van der Waals surface area contributed by atoms with Crippen LogP contribution in [0.5, 0.6) is 5.75 Å². The lowest BCUT2D eigenvalue weighted by atomic mass is 10.1. The third-order valence-corrected chi connectivity index (χ3v) is 4.74. The first-order valence-corrected chi connectivity index (χ1v) is 9.22. The van der Waals surface area contributed by atoms with Gasteiger partial charge < -0.3 is 9.47 Å². The molecule has 0 bridgehead atoms. The Labute approximate surface area is 158 Å². The third kappa shape index (κ3) is 3.78. The van der Waals surface area contributed by atoms with Crippen molar-refractivity contribution >= 4 is 17.9 Å². The smallest absolute Gasteiger partial charge is 0.261 e. The van der Waals surface area contributed by atoms with Gasteiger partial charge in [-0.15, -0.1) is 0 Å². The first-order chi connectivity index (χ1) is 13.2. The summed E-state index contributed by atoms with van der Waals surface area (Å²) in [4.78, 5) is 26.0. The normalized spacial score (nSPS) is 19.6. The Morgan fingerprint density at radius 3 is 2.52 bits per heavy atom. The van der Waals surface area contributed by atoms with E-state index in [0.29, 0.717) is 11.1 Å². The van der Waals surface area contributed by atoms with Gasteiger partial charge in [-0.3, -0.25) is 14.5 Å². The molecule has 0 saturated carbocycles. The summed E-state index contributed by atoms with van der Waals surface area (Å²) in [5.74, 6) is 0.267. The fourth-order valence-electron chi connectivity index (χ4n) is 3.35. The molecule has 0 aliphatic carbocycles. The van der Waals surface area contributed by atoms with Crippen molar-refractivity contribution in [1.82, 2.24) is 4.90 Å². The van der Waals surface area contributed by atoms with Gasteiger partial charge in [-0.1, -0.05) is 36.4 Å². The Bertz CT molecular complexity index is 848. The molecule has 1 fully saturated rings. The molecule has 2 aromatic rings. The number of benzene rings is 2. The van der Waals surface area contributed by atoms with Crippen molar-refractivity contribution in [2.24, 2.45) is 0 Å². The van der Waals surface area contributed by atoms with Crippen LogP contribution in [0.2, 0.25) is 0 Å². The lowest BCUT2D eigenvalue weighted by molar-refractivity contribution is -0.105. The zero-order valence-electron chi connectivity index (χ0n) is 15.0. The molecule has 0 aromatic heterocycles. The van der Waals surface area contributed by atoms with Crippen molar-refractivity contribution < 1.29 is 19.1 Å². The van der Waals surface area contributed by atoms with Gasteiger partial charge in [0.25, 0.3) is 11.8 Å². The van der Waals surface area contributed by atoms with Gasteiger partial charge in [-0.05, 0) is 42.7 Å². The maximum atomic E-state index is 12.4. The molecule has 2 aliphatic heterocycles. The third-order valence-electron chi connectivity index (χ3n) is 4.74. The Balaban J connectivity index is 1.40. The molecule has 0 radical (unpaired) electrons. The van der Waals surface area contributed by atoms with Crippen molar-refractivity contribution in [1.29, 1.82) is 0 Å². The number of ether oxygens (including phenoxy) is 2. The van der Waals surface area contributed by atoms with Gasteiger partial charge in [0, 0.05) is 13.0 Å². The molecule has 2 amide bonds. The maximum absolute atomic E-state index is 12.4. The monoisotopic (exact) mass is 363 g/mol. The number of amides is 2. The second kappa shape index (κ2) is 7.76. The van der Waals surface area contributed by atoms with Crippen LogP contribution in [0.1, 0.15) is 45.5 Å². The predicted octanol–water partition coefficient (Wildman–Crippen LogP) is 3.90. The highest BCUT2D eigenvalue weighted by Crippen LogP contribution is 2.23. The molecule has 5 heteroatoms. The van der Waals surface area contributed by atoms with Crippen LogP contribution in [-0.2, 0) is 4.74 Å². The lowest BCUT2D eigenvalue weighted by Gasteiger charge is -2.23. The first-order valence-electron chi connectivity index (χ1n) is 9.22. The van der Waals surface area contributed by atoms with Crippen molar-refractivity contribution in [3.05, 3.63) is 71.3 Å². The Kier molecular flexibility index (Phi) is 5.03. The molecule has 5 nitrogen and oxygen atoms in total. The Morgan fingerprint density at radius 2 is 1.81 bits per heavy atom. The number of nitrogens with zero attached hydrogens (tertiary/aromatic N) is 1. The van der Waals surface area contributed by atoms with Crippen molar-refractivity contribution in [3.8, 4) is 5.75 Å². The summed E-state index contributed by atoms with van der Waals surface area (Å²) >= 11 is 0. The highest BCUT2D eigenvalue weighted by molar-refractivity contribution is 6.21. The average molecular weight is 363 g/mol. The molecule has 1 atom stereocenters. The summed E-state index contributed by atoms with van der Waals surface area (Å²) in [6.45, 7) is 0.980. The lowest BCUT2D eigenvalue weighted by Crippen LogP contribution is -2.29. The number of carbonyl (C=O) groups is 2. The topological polar surface area (TPSA) is 55.8 Å². The summed E-state index contributed by atoms with van der Waals surface area (Å²) in [6, 6.07) is 14.6. The van der Waals surface area contributed by atoms with Crippen molar-refractivity contribution in [3.63, 3.8) is 0 Å². The molecule has 2 aliphatic rings. The number of fused-ring (bicyclic) bond motifs is 1. The van der Waals surface area contributed by atoms with Crippen LogP contribution < -0.4 is 4.74 Å². The molecular formula is C22H21NO4. The quantitative estimate of drug-likeness (QED) is 0.756. The van der Waals surface area contributed by atoms with Crippen LogP contribution in [0, 0.1) is 0 Å². The van der Waals surface area contributed by atoms with Crippen LogP contribution >= 0.6 is 0 Å². The van der Waals surface area contributed by atoms with Crippen LogP contribution in [0.4, 0.5) is 0 Å². The predicted molar refractivity (Wildman–Crippen MR) is 102 cm³/mol. The molecule has 27 heavy (non-hydrogen) atoms. The van der Waals surface area contributed by atoms with Gasteiger partial charge in [-0.25, -0.2) is 0 Å². The molecule has 2 aromatic carbocycles. The van der Waals surface area contributed by atoms with E-state index >= 15 is 0 Å². The number of hydrogen-bond acceptors (Lipinski definition) is 4. The molecular weight excluding hydrogens is 342 g/mol. The molecule has 138 valence electrons. The van der Waals surface area contributed by atoms with Crippen molar-refractivity contribution in [2.75, 3.05) is 13.2 Å². The highest BCUT2D eigenvalue weighted by Gasteiger charge is 2.34. The molecule has 4 rings (SSSR count).